The summed E-state index contributed by atoms with van der Waals surface area (Å²) in [6.07, 6.45) is 0. The third-order valence-corrected chi connectivity index (χ3v) is 10.8. The Hall–Kier alpha value is -6.23. The van der Waals surface area contributed by atoms with E-state index in [4.69, 9.17) is 4.99 Å². The van der Waals surface area contributed by atoms with Crippen LogP contribution in [0.4, 0.5) is 0 Å². The lowest BCUT2D eigenvalue weighted by Gasteiger charge is -2.10. The fourth-order valence-electron chi connectivity index (χ4n) is 7.14. The average Bonchev–Trinajstić information content (AvgIpc) is 3.74. The number of rotatable bonds is 7. The molecule has 3 nitrogen and oxygen atoms in total. The van der Waals surface area contributed by atoms with Crippen LogP contribution in [-0.2, 0) is 6.54 Å². The van der Waals surface area contributed by atoms with Crippen LogP contribution in [0.2, 0.25) is 0 Å². The number of hydrogen-bond acceptors (Lipinski definition) is 3. The van der Waals surface area contributed by atoms with E-state index in [1.165, 1.54) is 60.2 Å². The number of allylic oxidation sites excluding steroid dienone is 1. The van der Waals surface area contributed by atoms with Gasteiger partial charge in [-0.15, -0.1) is 0 Å². The monoisotopic (exact) mass is 671 g/mol. The van der Waals surface area contributed by atoms with Crippen molar-refractivity contribution in [2.24, 2.45) is 9.98 Å². The van der Waals surface area contributed by atoms with E-state index in [9.17, 15) is 0 Å². The van der Waals surface area contributed by atoms with E-state index in [1.807, 2.05) is 24.3 Å². The molecule has 8 aromatic rings. The van der Waals surface area contributed by atoms with Crippen LogP contribution in [0, 0.1) is 0 Å². The van der Waals surface area contributed by atoms with Crippen LogP contribution in [0.5, 0.6) is 0 Å². The second-order valence-electron chi connectivity index (χ2n) is 12.6. The SMILES string of the molecule is C=N/C(=C1/Sc2c(cccc2-c2ccc(-c3ccc4c(c3)c3ccccc3n4-c3ccccc3)cc2)C1=NCc1ccccc1)c1ccccc1. The number of hydrogen-bond donors (Lipinski definition) is 0. The summed E-state index contributed by atoms with van der Waals surface area (Å²) in [5.41, 5.74) is 13.5. The Kier molecular flexibility index (Phi) is 8.00. The molecular formula is C47H33N3S. The van der Waals surface area contributed by atoms with Gasteiger partial charge < -0.3 is 4.57 Å². The molecule has 7 aromatic carbocycles. The second-order valence-corrected chi connectivity index (χ2v) is 13.7. The number of fused-ring (bicyclic) bond motifs is 4. The Balaban J connectivity index is 1.11. The zero-order valence-electron chi connectivity index (χ0n) is 27.9. The number of thioether (sulfide) groups is 1. The van der Waals surface area contributed by atoms with Gasteiger partial charge in [0.2, 0.25) is 0 Å². The van der Waals surface area contributed by atoms with Gasteiger partial charge in [-0.1, -0.05) is 157 Å². The minimum Gasteiger partial charge on any atom is -0.309 e. The molecule has 0 amide bonds. The largest absolute Gasteiger partial charge is 0.309 e. The van der Waals surface area contributed by atoms with Crippen molar-refractivity contribution in [3.05, 3.63) is 198 Å². The van der Waals surface area contributed by atoms with E-state index >= 15 is 0 Å². The summed E-state index contributed by atoms with van der Waals surface area (Å²) in [5.74, 6) is 0. The van der Waals surface area contributed by atoms with Crippen molar-refractivity contribution in [3.8, 4) is 27.9 Å². The minimum absolute atomic E-state index is 0.589. The summed E-state index contributed by atoms with van der Waals surface area (Å²) in [7, 11) is 0. The Bertz CT molecular complexity index is 2620. The lowest BCUT2D eigenvalue weighted by Crippen LogP contribution is -2.01. The molecule has 9 rings (SSSR count). The molecule has 0 aliphatic carbocycles. The van der Waals surface area contributed by atoms with Gasteiger partial charge in [-0.3, -0.25) is 9.98 Å². The van der Waals surface area contributed by atoms with E-state index in [0.29, 0.717) is 6.54 Å². The number of aromatic nitrogens is 1. The Morgan fingerprint density at radius 2 is 1.18 bits per heavy atom. The van der Waals surface area contributed by atoms with Crippen LogP contribution < -0.4 is 0 Å². The summed E-state index contributed by atoms with van der Waals surface area (Å²) in [6, 6.07) is 62.3. The highest BCUT2D eigenvalue weighted by molar-refractivity contribution is 8.05. The minimum atomic E-state index is 0.589. The Morgan fingerprint density at radius 1 is 0.549 bits per heavy atom. The molecule has 0 fully saturated rings. The molecule has 0 saturated heterocycles. The average molecular weight is 672 g/mol. The highest BCUT2D eigenvalue weighted by Crippen LogP contribution is 2.49. The van der Waals surface area contributed by atoms with Crippen molar-refractivity contribution >= 4 is 51.7 Å². The highest BCUT2D eigenvalue weighted by Gasteiger charge is 2.30. The molecule has 0 spiro atoms. The van der Waals surface area contributed by atoms with Gasteiger partial charge in [-0.2, -0.15) is 0 Å². The molecule has 0 N–H and O–H groups in total. The summed E-state index contributed by atoms with van der Waals surface area (Å²) in [4.78, 5) is 12.0. The summed E-state index contributed by atoms with van der Waals surface area (Å²) >= 11 is 1.74. The van der Waals surface area contributed by atoms with Crippen LogP contribution in [0.15, 0.2) is 196 Å². The van der Waals surface area contributed by atoms with Gasteiger partial charge in [0.1, 0.15) is 0 Å². The standard InChI is InChI=1S/C47H33N3S/c1-48-44(35-16-7-3-8-17-35)47-45(49-31-32-14-5-2-6-15-32)40-22-13-21-38(46(40)51-47)34-26-24-33(25-27-34)36-28-29-43-41(30-36)39-20-11-12-23-42(39)50(43)37-18-9-4-10-19-37/h2-30H,1,31H2/b47-44+,49-45?. The molecule has 1 aromatic heterocycles. The maximum Gasteiger partial charge on any atom is 0.0856 e. The lowest BCUT2D eigenvalue weighted by molar-refractivity contribution is 1.07. The van der Waals surface area contributed by atoms with Gasteiger partial charge >= 0.3 is 0 Å². The maximum absolute atomic E-state index is 5.22. The first-order valence-corrected chi connectivity index (χ1v) is 17.9. The Morgan fingerprint density at radius 3 is 1.94 bits per heavy atom. The van der Waals surface area contributed by atoms with Gasteiger partial charge in [-0.05, 0) is 64.9 Å². The van der Waals surface area contributed by atoms with E-state index in [2.05, 4.69) is 168 Å². The summed E-state index contributed by atoms with van der Waals surface area (Å²) in [5, 5.41) is 2.50. The molecular weight excluding hydrogens is 639 g/mol. The zero-order chi connectivity index (χ0) is 34.1. The van der Waals surface area contributed by atoms with Gasteiger partial charge in [-0.25, -0.2) is 0 Å². The third-order valence-electron chi connectivity index (χ3n) is 9.59. The highest BCUT2D eigenvalue weighted by atomic mass is 32.2. The van der Waals surface area contributed by atoms with Crippen LogP contribution >= 0.6 is 11.8 Å². The fraction of sp³-hybridized carbons (Fsp3) is 0.0213. The molecule has 0 saturated carbocycles. The van der Waals surface area contributed by atoms with Crippen molar-refractivity contribution in [2.45, 2.75) is 11.4 Å². The molecule has 2 heterocycles. The predicted octanol–water partition coefficient (Wildman–Crippen LogP) is 12.3. The molecule has 0 radical (unpaired) electrons. The zero-order valence-corrected chi connectivity index (χ0v) is 28.7. The summed E-state index contributed by atoms with van der Waals surface area (Å²) in [6.45, 7) is 4.58. The van der Waals surface area contributed by atoms with E-state index in [0.717, 1.165) is 27.4 Å². The normalized spacial score (nSPS) is 14.2. The first-order valence-electron chi connectivity index (χ1n) is 17.1. The quantitative estimate of drug-likeness (QED) is 0.155. The molecule has 0 unspecified atom stereocenters. The molecule has 242 valence electrons. The van der Waals surface area contributed by atoms with E-state index in [-0.39, 0.29) is 0 Å². The Labute approximate surface area is 302 Å². The fourth-order valence-corrected chi connectivity index (χ4v) is 8.47. The van der Waals surface area contributed by atoms with Crippen molar-refractivity contribution in [1.82, 2.24) is 4.57 Å². The number of benzene rings is 7. The van der Waals surface area contributed by atoms with E-state index < -0.39 is 0 Å². The first-order chi connectivity index (χ1) is 25.3. The molecule has 4 heteroatoms. The van der Waals surface area contributed by atoms with Crippen LogP contribution in [0.3, 0.4) is 0 Å². The topological polar surface area (TPSA) is 29.6 Å². The van der Waals surface area contributed by atoms with Crippen LogP contribution in [0.1, 0.15) is 16.7 Å². The second kappa shape index (κ2) is 13.2. The molecule has 0 bridgehead atoms. The lowest BCUT2D eigenvalue weighted by atomic mass is 9.97. The third kappa shape index (κ3) is 5.60. The van der Waals surface area contributed by atoms with E-state index in [1.54, 1.807) is 11.8 Å². The predicted molar refractivity (Wildman–Crippen MR) is 217 cm³/mol. The van der Waals surface area contributed by atoms with Gasteiger partial charge in [0.05, 0.1) is 33.9 Å². The van der Waals surface area contributed by atoms with Gasteiger partial charge in [0, 0.05) is 32.5 Å². The first kappa shape index (κ1) is 30.8. The molecule has 0 atom stereocenters. The molecule has 51 heavy (non-hydrogen) atoms. The van der Waals surface area contributed by atoms with Crippen molar-refractivity contribution < 1.29 is 0 Å². The van der Waals surface area contributed by atoms with Crippen molar-refractivity contribution in [2.75, 3.05) is 0 Å². The maximum atomic E-state index is 5.22. The van der Waals surface area contributed by atoms with Crippen molar-refractivity contribution in [3.63, 3.8) is 0 Å². The number of nitrogens with zero attached hydrogens (tertiary/aromatic N) is 3. The van der Waals surface area contributed by atoms with Gasteiger partial charge in [0.15, 0.2) is 0 Å². The molecule has 1 aliphatic rings. The smallest absolute Gasteiger partial charge is 0.0856 e. The van der Waals surface area contributed by atoms with Crippen LogP contribution in [0.25, 0.3) is 55.4 Å². The molecule has 1 aliphatic heterocycles. The number of para-hydroxylation sites is 2. The van der Waals surface area contributed by atoms with Gasteiger partial charge in [0.25, 0.3) is 0 Å². The van der Waals surface area contributed by atoms with Crippen LogP contribution in [-0.4, -0.2) is 17.0 Å². The van der Waals surface area contributed by atoms with Crippen molar-refractivity contribution in [1.29, 1.82) is 0 Å². The number of aliphatic imine (C=N–C) groups is 2. The summed E-state index contributed by atoms with van der Waals surface area (Å²) < 4.78 is 2.36.